The normalized spacial score (nSPS) is 18.4. The van der Waals surface area contributed by atoms with Crippen LogP contribution in [0.4, 0.5) is 0 Å². The van der Waals surface area contributed by atoms with E-state index in [1.54, 1.807) is 17.6 Å². The van der Waals surface area contributed by atoms with E-state index in [-0.39, 0.29) is 11.9 Å². The molecule has 2 aromatic rings. The minimum atomic E-state index is 0.0196. The summed E-state index contributed by atoms with van der Waals surface area (Å²) in [5.41, 5.74) is 2.23. The van der Waals surface area contributed by atoms with E-state index < -0.39 is 0 Å². The molecule has 3 heterocycles. The van der Waals surface area contributed by atoms with Gasteiger partial charge in [-0.15, -0.1) is 11.3 Å². The van der Waals surface area contributed by atoms with Crippen LogP contribution in [0.1, 0.15) is 45.9 Å². The van der Waals surface area contributed by atoms with Gasteiger partial charge in [0, 0.05) is 17.0 Å². The van der Waals surface area contributed by atoms with Crippen molar-refractivity contribution in [2.24, 2.45) is 0 Å². The standard InChI is InChI=1S/C15H17NO2S/c1-3-12-11-6-9-19-13(11)4-7-16(12)15(17)14-10(2)5-8-18-14/h5-6,8-9,12H,3-4,7H2,1-2H3. The Morgan fingerprint density at radius 1 is 1.53 bits per heavy atom. The molecule has 0 saturated heterocycles. The number of amides is 1. The lowest BCUT2D eigenvalue weighted by Crippen LogP contribution is -2.39. The molecule has 1 aliphatic rings. The summed E-state index contributed by atoms with van der Waals surface area (Å²) in [6.07, 6.45) is 3.48. The van der Waals surface area contributed by atoms with E-state index in [4.69, 9.17) is 4.42 Å². The largest absolute Gasteiger partial charge is 0.459 e. The smallest absolute Gasteiger partial charge is 0.290 e. The maximum absolute atomic E-state index is 12.6. The van der Waals surface area contributed by atoms with Gasteiger partial charge in [-0.05, 0) is 42.8 Å². The Bertz CT molecular complexity index is 599. The lowest BCUT2D eigenvalue weighted by molar-refractivity contribution is 0.0623. The van der Waals surface area contributed by atoms with Gasteiger partial charge in [-0.25, -0.2) is 0 Å². The molecule has 0 N–H and O–H groups in total. The maximum atomic E-state index is 12.6. The number of rotatable bonds is 2. The van der Waals surface area contributed by atoms with Crippen LogP contribution in [-0.4, -0.2) is 17.4 Å². The predicted octanol–water partition coefficient (Wildman–Crippen LogP) is 3.80. The Morgan fingerprint density at radius 3 is 3.05 bits per heavy atom. The molecule has 3 nitrogen and oxygen atoms in total. The van der Waals surface area contributed by atoms with Gasteiger partial charge in [-0.1, -0.05) is 6.92 Å². The molecule has 3 rings (SSSR count). The molecule has 0 spiro atoms. The second kappa shape index (κ2) is 4.85. The first-order chi connectivity index (χ1) is 9.22. The summed E-state index contributed by atoms with van der Waals surface area (Å²) in [5, 5.41) is 2.12. The molecule has 0 aliphatic carbocycles. The molecule has 4 heteroatoms. The molecule has 2 aromatic heterocycles. The average Bonchev–Trinajstić information content (AvgIpc) is 3.04. The van der Waals surface area contributed by atoms with Crippen molar-refractivity contribution in [2.45, 2.75) is 32.7 Å². The molecule has 0 bridgehead atoms. The number of aryl methyl sites for hydroxylation is 1. The molecular formula is C15H17NO2S. The number of carbonyl (C=O) groups is 1. The van der Waals surface area contributed by atoms with Gasteiger partial charge < -0.3 is 9.32 Å². The van der Waals surface area contributed by atoms with Crippen molar-refractivity contribution in [3.8, 4) is 0 Å². The molecule has 1 aliphatic heterocycles. The molecule has 1 amide bonds. The fraction of sp³-hybridized carbons (Fsp3) is 0.400. The highest BCUT2D eigenvalue weighted by Gasteiger charge is 2.32. The van der Waals surface area contributed by atoms with Crippen molar-refractivity contribution >= 4 is 17.2 Å². The minimum absolute atomic E-state index is 0.0196. The molecule has 1 atom stereocenters. The van der Waals surface area contributed by atoms with E-state index in [0.717, 1.165) is 24.9 Å². The van der Waals surface area contributed by atoms with Crippen LogP contribution >= 0.6 is 11.3 Å². The monoisotopic (exact) mass is 275 g/mol. The van der Waals surface area contributed by atoms with Crippen LogP contribution in [-0.2, 0) is 6.42 Å². The number of hydrogen-bond acceptors (Lipinski definition) is 3. The highest BCUT2D eigenvalue weighted by molar-refractivity contribution is 7.10. The van der Waals surface area contributed by atoms with Crippen LogP contribution in [0.5, 0.6) is 0 Å². The molecule has 1 unspecified atom stereocenters. The van der Waals surface area contributed by atoms with Gasteiger partial charge in [-0.3, -0.25) is 4.79 Å². The molecule has 0 saturated carbocycles. The van der Waals surface area contributed by atoms with Crippen molar-refractivity contribution in [3.05, 3.63) is 45.5 Å². The van der Waals surface area contributed by atoms with Crippen LogP contribution in [0, 0.1) is 6.92 Å². The van der Waals surface area contributed by atoms with E-state index in [9.17, 15) is 4.79 Å². The van der Waals surface area contributed by atoms with Gasteiger partial charge in [0.25, 0.3) is 5.91 Å². The van der Waals surface area contributed by atoms with Crippen LogP contribution in [0.25, 0.3) is 0 Å². The van der Waals surface area contributed by atoms with Crippen molar-refractivity contribution in [1.82, 2.24) is 4.90 Å². The van der Waals surface area contributed by atoms with Gasteiger partial charge in [-0.2, -0.15) is 0 Å². The fourth-order valence-electron chi connectivity index (χ4n) is 2.80. The third-order valence-electron chi connectivity index (χ3n) is 3.80. The third-order valence-corrected chi connectivity index (χ3v) is 4.80. The van der Waals surface area contributed by atoms with Gasteiger partial charge >= 0.3 is 0 Å². The van der Waals surface area contributed by atoms with Gasteiger partial charge in [0.1, 0.15) is 0 Å². The molecule has 19 heavy (non-hydrogen) atoms. The summed E-state index contributed by atoms with van der Waals surface area (Å²) in [6, 6.07) is 4.18. The summed E-state index contributed by atoms with van der Waals surface area (Å²) in [6.45, 7) is 4.83. The number of furan rings is 1. The Kier molecular flexibility index (Phi) is 3.19. The van der Waals surface area contributed by atoms with Crippen molar-refractivity contribution in [2.75, 3.05) is 6.54 Å². The topological polar surface area (TPSA) is 33.5 Å². The van der Waals surface area contributed by atoms with Gasteiger partial charge in [0.15, 0.2) is 5.76 Å². The fourth-order valence-corrected chi connectivity index (χ4v) is 3.73. The number of fused-ring (bicyclic) bond motifs is 1. The summed E-state index contributed by atoms with van der Waals surface area (Å²) in [5.74, 6) is 0.503. The predicted molar refractivity (Wildman–Crippen MR) is 75.5 cm³/mol. The summed E-state index contributed by atoms with van der Waals surface area (Å²) in [7, 11) is 0. The third kappa shape index (κ3) is 2.00. The van der Waals surface area contributed by atoms with Crippen LogP contribution in [0.3, 0.4) is 0 Å². The van der Waals surface area contributed by atoms with Crippen molar-refractivity contribution < 1.29 is 9.21 Å². The van der Waals surface area contributed by atoms with Crippen LogP contribution in [0.15, 0.2) is 28.2 Å². The zero-order valence-electron chi connectivity index (χ0n) is 11.2. The second-order valence-electron chi connectivity index (χ2n) is 4.90. The molecular weight excluding hydrogens is 258 g/mol. The number of carbonyl (C=O) groups excluding carboxylic acids is 1. The molecule has 0 radical (unpaired) electrons. The average molecular weight is 275 g/mol. The highest BCUT2D eigenvalue weighted by Crippen LogP contribution is 2.36. The first kappa shape index (κ1) is 12.5. The molecule has 0 aromatic carbocycles. The molecule has 0 fully saturated rings. The quantitative estimate of drug-likeness (QED) is 0.835. The lowest BCUT2D eigenvalue weighted by Gasteiger charge is -2.35. The zero-order chi connectivity index (χ0) is 13.4. The first-order valence-corrected chi connectivity index (χ1v) is 7.51. The van der Waals surface area contributed by atoms with Crippen molar-refractivity contribution in [3.63, 3.8) is 0 Å². The van der Waals surface area contributed by atoms with Crippen LogP contribution < -0.4 is 0 Å². The Hall–Kier alpha value is -1.55. The molecule has 100 valence electrons. The van der Waals surface area contributed by atoms with Crippen molar-refractivity contribution in [1.29, 1.82) is 0 Å². The summed E-state index contributed by atoms with van der Waals surface area (Å²) < 4.78 is 5.35. The Balaban J connectivity index is 1.94. The Labute approximate surface area is 116 Å². The first-order valence-electron chi connectivity index (χ1n) is 6.63. The summed E-state index contributed by atoms with van der Waals surface area (Å²) in [4.78, 5) is 16.0. The number of thiophene rings is 1. The van der Waals surface area contributed by atoms with E-state index in [1.165, 1.54) is 10.4 Å². The van der Waals surface area contributed by atoms with E-state index in [2.05, 4.69) is 18.4 Å². The summed E-state index contributed by atoms with van der Waals surface area (Å²) >= 11 is 1.80. The second-order valence-corrected chi connectivity index (χ2v) is 5.91. The minimum Gasteiger partial charge on any atom is -0.459 e. The van der Waals surface area contributed by atoms with E-state index in [1.807, 2.05) is 17.9 Å². The maximum Gasteiger partial charge on any atom is 0.290 e. The number of hydrogen-bond donors (Lipinski definition) is 0. The Morgan fingerprint density at radius 2 is 2.37 bits per heavy atom. The number of nitrogens with zero attached hydrogens (tertiary/aromatic N) is 1. The highest BCUT2D eigenvalue weighted by atomic mass is 32.1. The van der Waals surface area contributed by atoms with E-state index in [0.29, 0.717) is 5.76 Å². The van der Waals surface area contributed by atoms with E-state index >= 15 is 0 Å². The lowest BCUT2D eigenvalue weighted by atomic mass is 9.97. The van der Waals surface area contributed by atoms with Crippen LogP contribution in [0.2, 0.25) is 0 Å². The zero-order valence-corrected chi connectivity index (χ0v) is 12.0. The SMILES string of the molecule is CCC1c2ccsc2CCN1C(=O)c1occc1C. The van der Waals surface area contributed by atoms with Gasteiger partial charge in [0.05, 0.1) is 12.3 Å². The van der Waals surface area contributed by atoms with Gasteiger partial charge in [0.2, 0.25) is 0 Å².